The van der Waals surface area contributed by atoms with Crippen molar-refractivity contribution in [2.75, 3.05) is 11.4 Å². The molecule has 2 aliphatic heterocycles. The largest absolute Gasteiger partial charge is 0.332 e. The van der Waals surface area contributed by atoms with Crippen LogP contribution < -0.4 is 4.90 Å². The molecule has 1 aromatic heterocycles. The maximum absolute atomic E-state index is 13.6. The molecule has 3 amide bonds. The Balaban J connectivity index is 1.74. The summed E-state index contributed by atoms with van der Waals surface area (Å²) in [6.07, 6.45) is 3.15. The van der Waals surface area contributed by atoms with Crippen molar-refractivity contribution in [3.8, 4) is 6.07 Å². The van der Waals surface area contributed by atoms with Crippen LogP contribution in [0.15, 0.2) is 42.6 Å². The van der Waals surface area contributed by atoms with Gasteiger partial charge in [-0.1, -0.05) is 29.8 Å². The molecule has 2 aliphatic rings. The van der Waals surface area contributed by atoms with Crippen molar-refractivity contribution in [2.24, 2.45) is 0 Å². The number of aromatic nitrogens is 1. The van der Waals surface area contributed by atoms with Crippen LogP contribution in [-0.2, 0) is 4.79 Å². The predicted octanol–water partition coefficient (Wildman–Crippen LogP) is 4.39. The minimum Gasteiger partial charge on any atom is -0.315 e. The Hall–Kier alpha value is -2.89. The number of hydrogen-bond acceptors (Lipinski definition) is 5. The summed E-state index contributed by atoms with van der Waals surface area (Å²) in [4.78, 5) is 33.5. The lowest BCUT2D eigenvalue weighted by Gasteiger charge is -2.40. The lowest BCUT2D eigenvalue weighted by atomic mass is 10.0. The first kappa shape index (κ1) is 20.4. The number of halogens is 2. The van der Waals surface area contributed by atoms with Crippen LogP contribution >= 0.6 is 23.4 Å². The molecule has 0 bridgehead atoms. The lowest BCUT2D eigenvalue weighted by Crippen LogP contribution is -2.62. The number of aryl methyl sites for hydroxylation is 1. The molecule has 1 fully saturated rings. The van der Waals surface area contributed by atoms with E-state index in [2.05, 4.69) is 4.98 Å². The molecule has 2 atom stereocenters. The third-order valence-corrected chi connectivity index (χ3v) is 6.68. The number of benzene rings is 1. The number of amides is 3. The number of thioether (sulfide) groups is 1. The van der Waals surface area contributed by atoms with Gasteiger partial charge in [-0.3, -0.25) is 4.79 Å². The maximum Gasteiger partial charge on any atom is 0.332 e. The number of nitrogens with zero attached hydrogens (tertiary/aromatic N) is 4. The summed E-state index contributed by atoms with van der Waals surface area (Å²) in [5.74, 6) is -1.07. The number of carbonyl (C=O) groups is 2. The molecule has 152 valence electrons. The fourth-order valence-corrected chi connectivity index (χ4v) is 5.21. The van der Waals surface area contributed by atoms with Crippen molar-refractivity contribution in [2.45, 2.75) is 24.6 Å². The SMILES string of the molecule is Cc1cc(N2C(=O)C3SC(c4ccccc4Cl)=CC3N(CCC#N)C2=O)cnc1F. The number of urea groups is 1. The van der Waals surface area contributed by atoms with Crippen LogP contribution in [0.25, 0.3) is 4.91 Å². The standard InChI is InChI=1S/C21H16ClFN4O2S/c1-12-9-13(11-25-19(12)23)27-20(28)18-16(26(21(27)29)8-4-7-24)10-17(30-18)14-5-2-3-6-15(14)22/h2-3,5-6,9-11,16,18H,4,8H2,1H3. The zero-order chi connectivity index (χ0) is 21.4. The van der Waals surface area contributed by atoms with Crippen LogP contribution in [-0.4, -0.2) is 39.7 Å². The summed E-state index contributed by atoms with van der Waals surface area (Å²) < 4.78 is 13.6. The van der Waals surface area contributed by atoms with E-state index in [0.29, 0.717) is 5.02 Å². The van der Waals surface area contributed by atoms with Gasteiger partial charge in [0.05, 0.1) is 30.4 Å². The van der Waals surface area contributed by atoms with Gasteiger partial charge in [-0.15, -0.1) is 11.8 Å². The summed E-state index contributed by atoms with van der Waals surface area (Å²) in [6.45, 7) is 1.68. The van der Waals surface area contributed by atoms with E-state index in [1.165, 1.54) is 35.8 Å². The Morgan fingerprint density at radius 3 is 2.80 bits per heavy atom. The first-order chi connectivity index (χ1) is 14.4. The van der Waals surface area contributed by atoms with E-state index in [4.69, 9.17) is 16.9 Å². The van der Waals surface area contributed by atoms with Crippen LogP contribution in [0.2, 0.25) is 5.02 Å². The molecule has 1 saturated heterocycles. The number of carbonyl (C=O) groups excluding carboxylic acids is 2. The van der Waals surface area contributed by atoms with Crippen LogP contribution in [0.4, 0.5) is 14.9 Å². The van der Waals surface area contributed by atoms with Gasteiger partial charge in [0.25, 0.3) is 5.91 Å². The zero-order valence-corrected chi connectivity index (χ0v) is 17.5. The Labute approximate surface area is 181 Å². The summed E-state index contributed by atoms with van der Waals surface area (Å²) in [5, 5.41) is 8.98. The average molecular weight is 443 g/mol. The fraction of sp³-hybridized carbons (Fsp3) is 0.238. The smallest absolute Gasteiger partial charge is 0.315 e. The average Bonchev–Trinajstić information content (AvgIpc) is 3.16. The molecule has 2 unspecified atom stereocenters. The molecular formula is C21H16ClFN4O2S. The highest BCUT2D eigenvalue weighted by molar-refractivity contribution is 8.09. The highest BCUT2D eigenvalue weighted by Gasteiger charge is 2.49. The highest BCUT2D eigenvalue weighted by atomic mass is 35.5. The molecule has 0 aliphatic carbocycles. The van der Waals surface area contributed by atoms with Gasteiger partial charge in [0.1, 0.15) is 5.25 Å². The fourth-order valence-electron chi connectivity index (χ4n) is 3.55. The van der Waals surface area contributed by atoms with E-state index in [9.17, 15) is 14.0 Å². The molecule has 4 rings (SSSR count). The molecule has 30 heavy (non-hydrogen) atoms. The van der Waals surface area contributed by atoms with Gasteiger partial charge in [0, 0.05) is 27.6 Å². The maximum atomic E-state index is 13.6. The van der Waals surface area contributed by atoms with E-state index in [1.807, 2.05) is 30.3 Å². The van der Waals surface area contributed by atoms with E-state index < -0.39 is 29.2 Å². The first-order valence-corrected chi connectivity index (χ1v) is 10.4. The van der Waals surface area contributed by atoms with Crippen LogP contribution in [0, 0.1) is 24.2 Å². The second-order valence-corrected chi connectivity index (χ2v) is 8.49. The van der Waals surface area contributed by atoms with Gasteiger partial charge in [0.15, 0.2) is 0 Å². The van der Waals surface area contributed by atoms with Crippen LogP contribution in [0.5, 0.6) is 0 Å². The molecule has 0 radical (unpaired) electrons. The number of imide groups is 1. The van der Waals surface area contributed by atoms with Crippen molar-refractivity contribution in [3.63, 3.8) is 0 Å². The third kappa shape index (κ3) is 3.44. The van der Waals surface area contributed by atoms with Crippen molar-refractivity contribution in [3.05, 3.63) is 64.7 Å². The molecule has 9 heteroatoms. The van der Waals surface area contributed by atoms with Crippen molar-refractivity contribution < 1.29 is 14.0 Å². The van der Waals surface area contributed by atoms with Gasteiger partial charge >= 0.3 is 6.03 Å². The Bertz CT molecular complexity index is 1120. The van der Waals surface area contributed by atoms with E-state index in [1.54, 1.807) is 6.07 Å². The number of anilines is 1. The van der Waals surface area contributed by atoms with E-state index >= 15 is 0 Å². The van der Waals surface area contributed by atoms with Crippen LogP contribution in [0.3, 0.4) is 0 Å². The minimum absolute atomic E-state index is 0.123. The third-order valence-electron chi connectivity index (χ3n) is 5.01. The molecule has 0 spiro atoms. The summed E-state index contributed by atoms with van der Waals surface area (Å²) in [6, 6.07) is 9.70. The normalized spacial score (nSPS) is 20.8. The number of hydrogen-bond donors (Lipinski definition) is 0. The molecule has 2 aromatic rings. The second-order valence-electron chi connectivity index (χ2n) is 6.90. The first-order valence-electron chi connectivity index (χ1n) is 9.19. The molecule has 3 heterocycles. The molecule has 0 saturated carbocycles. The van der Waals surface area contributed by atoms with Crippen molar-refractivity contribution in [1.29, 1.82) is 5.26 Å². The van der Waals surface area contributed by atoms with Gasteiger partial charge in [-0.05, 0) is 25.1 Å². The molecule has 0 N–H and O–H groups in total. The summed E-state index contributed by atoms with van der Waals surface area (Å²) in [5.41, 5.74) is 1.22. The van der Waals surface area contributed by atoms with E-state index in [-0.39, 0.29) is 24.2 Å². The van der Waals surface area contributed by atoms with Crippen LogP contribution in [0.1, 0.15) is 17.5 Å². The molecular weight excluding hydrogens is 427 g/mol. The number of rotatable bonds is 4. The second kappa shape index (κ2) is 8.09. The monoisotopic (exact) mass is 442 g/mol. The molecule has 6 nitrogen and oxygen atoms in total. The Morgan fingerprint density at radius 1 is 1.33 bits per heavy atom. The summed E-state index contributed by atoms with van der Waals surface area (Å²) in [7, 11) is 0. The highest BCUT2D eigenvalue weighted by Crippen LogP contribution is 2.46. The number of fused-ring (bicyclic) bond motifs is 1. The van der Waals surface area contributed by atoms with Gasteiger partial charge in [-0.25, -0.2) is 14.7 Å². The topological polar surface area (TPSA) is 77.3 Å². The minimum atomic E-state index is -0.659. The zero-order valence-electron chi connectivity index (χ0n) is 15.9. The number of nitriles is 1. The Kier molecular flexibility index (Phi) is 5.50. The number of pyridine rings is 1. The lowest BCUT2D eigenvalue weighted by molar-refractivity contribution is -0.119. The quantitative estimate of drug-likeness (QED) is 0.656. The van der Waals surface area contributed by atoms with E-state index in [0.717, 1.165) is 15.4 Å². The van der Waals surface area contributed by atoms with Crippen molar-refractivity contribution >= 4 is 45.9 Å². The summed E-state index contributed by atoms with van der Waals surface area (Å²) >= 11 is 7.66. The van der Waals surface area contributed by atoms with Gasteiger partial charge in [0.2, 0.25) is 5.95 Å². The predicted molar refractivity (Wildman–Crippen MR) is 113 cm³/mol. The molecule has 1 aromatic carbocycles. The van der Waals surface area contributed by atoms with Gasteiger partial charge in [-0.2, -0.15) is 9.65 Å². The van der Waals surface area contributed by atoms with Gasteiger partial charge < -0.3 is 4.90 Å². The van der Waals surface area contributed by atoms with Crippen molar-refractivity contribution in [1.82, 2.24) is 9.88 Å². The Morgan fingerprint density at radius 2 is 2.10 bits per heavy atom.